The lowest BCUT2D eigenvalue weighted by molar-refractivity contribution is 0.413. The first-order valence-corrected chi connectivity index (χ1v) is 8.02. The Balaban J connectivity index is 2.03. The van der Waals surface area contributed by atoms with Gasteiger partial charge >= 0.3 is 0 Å². The predicted molar refractivity (Wildman–Crippen MR) is 98.2 cm³/mol. The van der Waals surface area contributed by atoms with Crippen molar-refractivity contribution < 1.29 is 9.47 Å². The molecule has 2 aromatic carbocycles. The van der Waals surface area contributed by atoms with Crippen LogP contribution in [0.3, 0.4) is 0 Å². The number of ether oxygens (including phenoxy) is 2. The summed E-state index contributed by atoms with van der Waals surface area (Å²) >= 11 is 0. The lowest BCUT2D eigenvalue weighted by Crippen LogP contribution is -2.14. The minimum absolute atomic E-state index is 0.0977. The van der Waals surface area contributed by atoms with Crippen LogP contribution in [-0.4, -0.2) is 24.2 Å². The third kappa shape index (κ3) is 4.07. The van der Waals surface area contributed by atoms with Crippen LogP contribution >= 0.6 is 0 Å². The van der Waals surface area contributed by atoms with Crippen molar-refractivity contribution in [2.45, 2.75) is 13.0 Å². The van der Waals surface area contributed by atoms with Gasteiger partial charge in [-0.15, -0.1) is 0 Å². The van der Waals surface area contributed by atoms with Gasteiger partial charge in [-0.25, -0.2) is 9.97 Å². The molecule has 0 radical (unpaired) electrons. The van der Waals surface area contributed by atoms with Crippen molar-refractivity contribution in [1.82, 2.24) is 9.97 Å². The van der Waals surface area contributed by atoms with E-state index in [1.807, 2.05) is 49.4 Å². The summed E-state index contributed by atoms with van der Waals surface area (Å²) in [5.41, 5.74) is 3.06. The van der Waals surface area contributed by atoms with Crippen molar-refractivity contribution in [3.05, 3.63) is 77.7 Å². The highest BCUT2D eigenvalue weighted by Gasteiger charge is 2.16. The molecule has 1 heterocycles. The van der Waals surface area contributed by atoms with Crippen molar-refractivity contribution in [3.8, 4) is 11.5 Å². The molecule has 0 aliphatic rings. The summed E-state index contributed by atoms with van der Waals surface area (Å²) in [4.78, 5) is 8.49. The van der Waals surface area contributed by atoms with Gasteiger partial charge in [-0.1, -0.05) is 24.3 Å². The maximum Gasteiger partial charge on any atom is 0.130 e. The van der Waals surface area contributed by atoms with Gasteiger partial charge in [0.05, 0.1) is 20.3 Å². The molecule has 0 bridgehead atoms. The minimum Gasteiger partial charge on any atom is -0.497 e. The first-order chi connectivity index (χ1) is 12.2. The summed E-state index contributed by atoms with van der Waals surface area (Å²) in [5.74, 6) is 2.39. The van der Waals surface area contributed by atoms with Crippen molar-refractivity contribution in [2.75, 3.05) is 19.5 Å². The van der Waals surface area contributed by atoms with Crippen LogP contribution in [0.4, 0.5) is 5.82 Å². The number of aromatic nitrogens is 2. The Morgan fingerprint density at radius 2 is 1.44 bits per heavy atom. The lowest BCUT2D eigenvalue weighted by Gasteiger charge is -2.21. The normalized spacial score (nSPS) is 10.6. The van der Waals surface area contributed by atoms with Gasteiger partial charge in [-0.3, -0.25) is 0 Å². The number of aryl methyl sites for hydroxylation is 1. The van der Waals surface area contributed by atoms with E-state index in [9.17, 15) is 0 Å². The number of methoxy groups -OCH3 is 2. The summed E-state index contributed by atoms with van der Waals surface area (Å²) in [7, 11) is 3.34. The Kier molecular flexibility index (Phi) is 5.14. The molecule has 3 rings (SSSR count). The van der Waals surface area contributed by atoms with Crippen LogP contribution in [0.25, 0.3) is 0 Å². The van der Waals surface area contributed by atoms with E-state index in [-0.39, 0.29) is 6.04 Å². The van der Waals surface area contributed by atoms with Crippen molar-refractivity contribution in [2.24, 2.45) is 0 Å². The van der Waals surface area contributed by atoms with E-state index >= 15 is 0 Å². The summed E-state index contributed by atoms with van der Waals surface area (Å²) < 4.78 is 10.8. The highest BCUT2D eigenvalue weighted by molar-refractivity contribution is 5.47. The van der Waals surface area contributed by atoms with E-state index in [4.69, 9.17) is 9.47 Å². The van der Waals surface area contributed by atoms with E-state index in [0.717, 1.165) is 34.1 Å². The molecule has 3 aromatic rings. The van der Waals surface area contributed by atoms with E-state index in [1.165, 1.54) is 0 Å². The van der Waals surface area contributed by atoms with Crippen molar-refractivity contribution in [3.63, 3.8) is 0 Å². The first-order valence-electron chi connectivity index (χ1n) is 8.02. The van der Waals surface area contributed by atoms with Crippen LogP contribution in [0, 0.1) is 6.92 Å². The van der Waals surface area contributed by atoms with E-state index in [0.29, 0.717) is 0 Å². The monoisotopic (exact) mass is 335 g/mol. The maximum absolute atomic E-state index is 5.38. The van der Waals surface area contributed by atoms with Gasteiger partial charge in [-0.05, 0) is 42.3 Å². The second kappa shape index (κ2) is 7.66. The molecule has 5 nitrogen and oxygen atoms in total. The van der Waals surface area contributed by atoms with Gasteiger partial charge in [0.2, 0.25) is 0 Å². The SMILES string of the molecule is COc1cccc(C(Nc2cc(C)ncn2)c2cccc(OC)c2)c1. The molecule has 128 valence electrons. The molecule has 0 aliphatic heterocycles. The first kappa shape index (κ1) is 16.8. The van der Waals surface area contributed by atoms with Gasteiger partial charge in [0.1, 0.15) is 23.6 Å². The van der Waals surface area contributed by atoms with Crippen LogP contribution in [0.5, 0.6) is 11.5 Å². The van der Waals surface area contributed by atoms with Gasteiger partial charge in [0.25, 0.3) is 0 Å². The molecular weight excluding hydrogens is 314 g/mol. The number of nitrogens with zero attached hydrogens (tertiary/aromatic N) is 2. The smallest absolute Gasteiger partial charge is 0.130 e. The molecule has 0 amide bonds. The Hall–Kier alpha value is -3.08. The minimum atomic E-state index is -0.0977. The fourth-order valence-electron chi connectivity index (χ4n) is 2.68. The lowest BCUT2D eigenvalue weighted by atomic mass is 9.98. The molecule has 0 saturated carbocycles. The largest absolute Gasteiger partial charge is 0.497 e. The van der Waals surface area contributed by atoms with Crippen molar-refractivity contribution >= 4 is 5.82 Å². The maximum atomic E-state index is 5.38. The molecule has 25 heavy (non-hydrogen) atoms. The fraction of sp³-hybridized carbons (Fsp3) is 0.200. The second-order valence-corrected chi connectivity index (χ2v) is 5.68. The summed E-state index contributed by atoms with van der Waals surface area (Å²) in [5, 5.41) is 3.49. The van der Waals surface area contributed by atoms with E-state index < -0.39 is 0 Å². The molecule has 5 heteroatoms. The number of anilines is 1. The van der Waals surface area contributed by atoms with Crippen LogP contribution in [0.2, 0.25) is 0 Å². The Morgan fingerprint density at radius 1 is 0.840 bits per heavy atom. The molecular formula is C20H21N3O2. The quantitative estimate of drug-likeness (QED) is 0.738. The third-order valence-electron chi connectivity index (χ3n) is 3.95. The number of hydrogen-bond donors (Lipinski definition) is 1. The number of hydrogen-bond acceptors (Lipinski definition) is 5. The Bertz CT molecular complexity index is 804. The zero-order valence-electron chi connectivity index (χ0n) is 14.6. The summed E-state index contributed by atoms with van der Waals surface area (Å²) in [6.45, 7) is 1.94. The molecule has 0 fully saturated rings. The van der Waals surface area contributed by atoms with Gasteiger partial charge in [0.15, 0.2) is 0 Å². The van der Waals surface area contributed by atoms with Gasteiger partial charge < -0.3 is 14.8 Å². The number of rotatable bonds is 6. The van der Waals surface area contributed by atoms with Gasteiger partial charge in [-0.2, -0.15) is 0 Å². The molecule has 0 unspecified atom stereocenters. The second-order valence-electron chi connectivity index (χ2n) is 5.68. The summed E-state index contributed by atoms with van der Waals surface area (Å²) in [6, 6.07) is 17.8. The molecule has 0 saturated heterocycles. The average Bonchev–Trinajstić information content (AvgIpc) is 2.66. The standard InChI is InChI=1S/C20H21N3O2/c1-14-10-19(22-13-21-14)23-20(15-6-4-8-17(11-15)24-2)16-7-5-9-18(12-16)25-3/h4-13,20H,1-3H3,(H,21,22,23). The van der Waals surface area contributed by atoms with Crippen LogP contribution in [0.1, 0.15) is 22.9 Å². The molecule has 0 aliphatic carbocycles. The van der Waals surface area contributed by atoms with E-state index in [2.05, 4.69) is 27.4 Å². The van der Waals surface area contributed by atoms with E-state index in [1.54, 1.807) is 20.5 Å². The molecule has 1 aromatic heterocycles. The highest BCUT2D eigenvalue weighted by atomic mass is 16.5. The number of benzene rings is 2. The summed E-state index contributed by atoms with van der Waals surface area (Å²) in [6.07, 6.45) is 1.56. The molecule has 1 N–H and O–H groups in total. The third-order valence-corrected chi connectivity index (χ3v) is 3.95. The van der Waals surface area contributed by atoms with Gasteiger partial charge in [0, 0.05) is 11.8 Å². The predicted octanol–water partition coefficient (Wildman–Crippen LogP) is 4.00. The topological polar surface area (TPSA) is 56.3 Å². The van der Waals surface area contributed by atoms with Crippen molar-refractivity contribution in [1.29, 1.82) is 0 Å². The van der Waals surface area contributed by atoms with Crippen LogP contribution in [0.15, 0.2) is 60.9 Å². The molecule has 0 spiro atoms. The zero-order valence-corrected chi connectivity index (χ0v) is 14.6. The number of nitrogens with one attached hydrogen (secondary N) is 1. The van der Waals surface area contributed by atoms with Crippen LogP contribution in [-0.2, 0) is 0 Å². The molecule has 0 atom stereocenters. The van der Waals surface area contributed by atoms with Crippen LogP contribution < -0.4 is 14.8 Å². The fourth-order valence-corrected chi connectivity index (χ4v) is 2.68. The highest BCUT2D eigenvalue weighted by Crippen LogP contribution is 2.30. The zero-order chi connectivity index (χ0) is 17.6. The Labute approximate surface area is 147 Å². The average molecular weight is 335 g/mol. The Morgan fingerprint density at radius 3 is 1.96 bits per heavy atom.